The molecule has 0 aliphatic heterocycles. The Bertz CT molecular complexity index is 381. The highest BCUT2D eigenvalue weighted by Gasteiger charge is 2.05. The molecule has 0 aliphatic rings. The summed E-state index contributed by atoms with van der Waals surface area (Å²) in [5.41, 5.74) is 2.91. The van der Waals surface area contributed by atoms with Crippen LogP contribution >= 0.6 is 11.6 Å². The van der Waals surface area contributed by atoms with Gasteiger partial charge in [-0.05, 0) is 17.7 Å². The first-order valence-electron chi connectivity index (χ1n) is 5.06. The molecule has 16 heavy (non-hydrogen) atoms. The summed E-state index contributed by atoms with van der Waals surface area (Å²) in [6, 6.07) is 7.79. The fourth-order valence-electron chi connectivity index (χ4n) is 1.33. The zero-order valence-electron chi connectivity index (χ0n) is 9.76. The zero-order valence-corrected chi connectivity index (χ0v) is 10.5. The van der Waals surface area contributed by atoms with Crippen LogP contribution in [0.2, 0.25) is 5.02 Å². The molecular weight excluding hydrogens is 220 g/mol. The molecular formula is C13H17ClN2. The Morgan fingerprint density at radius 3 is 2.38 bits per heavy atom. The molecule has 0 radical (unpaired) electrons. The molecule has 0 heterocycles. The summed E-state index contributed by atoms with van der Waals surface area (Å²) >= 11 is 5.83. The van der Waals surface area contributed by atoms with E-state index >= 15 is 0 Å². The molecule has 1 aromatic carbocycles. The highest BCUT2D eigenvalue weighted by molar-refractivity contribution is 6.30. The van der Waals surface area contributed by atoms with Crippen LogP contribution in [0.5, 0.6) is 0 Å². The lowest BCUT2D eigenvalue weighted by molar-refractivity contribution is 0.416. The maximum atomic E-state index is 5.83. The van der Waals surface area contributed by atoms with E-state index in [1.807, 2.05) is 43.3 Å². The number of hydrogen-bond donors (Lipinski definition) is 1. The SMILES string of the molecule is C=C(NC)C(=C)N(C)Cc1ccc(Cl)cc1. The summed E-state index contributed by atoms with van der Waals surface area (Å²) < 4.78 is 0. The maximum Gasteiger partial charge on any atom is 0.0523 e. The molecule has 1 rings (SSSR count). The average molecular weight is 237 g/mol. The molecule has 0 saturated heterocycles. The van der Waals surface area contributed by atoms with Crippen LogP contribution in [0.1, 0.15) is 5.56 Å². The van der Waals surface area contributed by atoms with Crippen molar-refractivity contribution < 1.29 is 0 Å². The fourth-order valence-corrected chi connectivity index (χ4v) is 1.46. The lowest BCUT2D eigenvalue weighted by Crippen LogP contribution is -2.22. The second kappa shape index (κ2) is 5.61. The Labute approximate surface area is 102 Å². The molecule has 0 saturated carbocycles. The standard InChI is InChI=1S/C13H17ClN2/c1-10(15-3)11(2)16(4)9-12-5-7-13(14)8-6-12/h5-8,15H,1-2,9H2,3-4H3. The molecule has 86 valence electrons. The summed E-state index contributed by atoms with van der Waals surface area (Å²) in [5.74, 6) is 0. The predicted molar refractivity (Wildman–Crippen MR) is 70.3 cm³/mol. The van der Waals surface area contributed by atoms with Crippen molar-refractivity contribution in [2.75, 3.05) is 14.1 Å². The highest BCUT2D eigenvalue weighted by atomic mass is 35.5. The predicted octanol–water partition coefficient (Wildman–Crippen LogP) is 3.02. The average Bonchev–Trinajstić information content (AvgIpc) is 2.30. The smallest absolute Gasteiger partial charge is 0.0523 e. The Balaban J connectivity index is 2.64. The van der Waals surface area contributed by atoms with Crippen molar-refractivity contribution in [2.45, 2.75) is 6.54 Å². The molecule has 2 nitrogen and oxygen atoms in total. The van der Waals surface area contributed by atoms with Gasteiger partial charge in [-0.2, -0.15) is 0 Å². The quantitative estimate of drug-likeness (QED) is 0.791. The minimum atomic E-state index is 0.755. The third-order valence-electron chi connectivity index (χ3n) is 2.44. The molecule has 1 aromatic rings. The fraction of sp³-hybridized carbons (Fsp3) is 0.231. The number of likely N-dealkylation sites (N-methyl/N-ethyl adjacent to an activating group) is 2. The first kappa shape index (κ1) is 12.7. The van der Waals surface area contributed by atoms with E-state index in [9.17, 15) is 0 Å². The minimum Gasteiger partial charge on any atom is -0.387 e. The Kier molecular flexibility index (Phi) is 4.44. The van der Waals surface area contributed by atoms with Gasteiger partial charge in [0.25, 0.3) is 0 Å². The van der Waals surface area contributed by atoms with Crippen molar-refractivity contribution in [3.05, 3.63) is 59.4 Å². The lowest BCUT2D eigenvalue weighted by atomic mass is 10.2. The van der Waals surface area contributed by atoms with Gasteiger partial charge in [0.2, 0.25) is 0 Å². The van der Waals surface area contributed by atoms with Gasteiger partial charge >= 0.3 is 0 Å². The van der Waals surface area contributed by atoms with E-state index in [2.05, 4.69) is 18.5 Å². The van der Waals surface area contributed by atoms with E-state index in [1.165, 1.54) is 5.56 Å². The number of hydrogen-bond acceptors (Lipinski definition) is 2. The van der Waals surface area contributed by atoms with Gasteiger partial charge in [0.15, 0.2) is 0 Å². The molecule has 3 heteroatoms. The number of halogens is 1. The Hall–Kier alpha value is -1.41. The van der Waals surface area contributed by atoms with Crippen molar-refractivity contribution >= 4 is 11.6 Å². The molecule has 0 atom stereocenters. The van der Waals surface area contributed by atoms with Gasteiger partial charge in [-0.25, -0.2) is 0 Å². The summed E-state index contributed by atoms with van der Waals surface area (Å²) in [6.45, 7) is 8.64. The van der Waals surface area contributed by atoms with Gasteiger partial charge < -0.3 is 10.2 Å². The van der Waals surface area contributed by atoms with Crippen molar-refractivity contribution in [3.63, 3.8) is 0 Å². The summed E-state index contributed by atoms with van der Waals surface area (Å²) in [5, 5.41) is 3.74. The van der Waals surface area contributed by atoms with Crippen LogP contribution in [-0.2, 0) is 6.54 Å². The largest absolute Gasteiger partial charge is 0.387 e. The van der Waals surface area contributed by atoms with Crippen molar-refractivity contribution in [1.29, 1.82) is 0 Å². The van der Waals surface area contributed by atoms with Gasteiger partial charge in [0, 0.05) is 31.4 Å². The molecule has 1 N–H and O–H groups in total. The van der Waals surface area contributed by atoms with E-state index < -0.39 is 0 Å². The highest BCUT2D eigenvalue weighted by Crippen LogP contribution is 2.14. The van der Waals surface area contributed by atoms with Gasteiger partial charge in [0.1, 0.15) is 0 Å². The van der Waals surface area contributed by atoms with E-state index in [4.69, 9.17) is 11.6 Å². The number of benzene rings is 1. The maximum absolute atomic E-state index is 5.83. The monoisotopic (exact) mass is 236 g/mol. The first-order chi connectivity index (χ1) is 7.54. The first-order valence-corrected chi connectivity index (χ1v) is 5.44. The van der Waals surface area contributed by atoms with E-state index in [1.54, 1.807) is 0 Å². The van der Waals surface area contributed by atoms with Crippen LogP contribution in [0, 0.1) is 0 Å². The van der Waals surface area contributed by atoms with Crippen molar-refractivity contribution in [2.24, 2.45) is 0 Å². The van der Waals surface area contributed by atoms with E-state index in [-0.39, 0.29) is 0 Å². The summed E-state index contributed by atoms with van der Waals surface area (Å²) in [7, 11) is 3.82. The zero-order chi connectivity index (χ0) is 12.1. The normalized spacial score (nSPS) is 9.69. The molecule has 0 fully saturated rings. The van der Waals surface area contributed by atoms with Crippen LogP contribution in [0.4, 0.5) is 0 Å². The van der Waals surface area contributed by atoms with Gasteiger partial charge in [-0.15, -0.1) is 0 Å². The Morgan fingerprint density at radius 1 is 1.31 bits per heavy atom. The third kappa shape index (κ3) is 3.31. The summed E-state index contributed by atoms with van der Waals surface area (Å²) in [6.07, 6.45) is 0. The van der Waals surface area contributed by atoms with Crippen molar-refractivity contribution in [1.82, 2.24) is 10.2 Å². The van der Waals surface area contributed by atoms with E-state index in [0.717, 1.165) is 23.0 Å². The van der Waals surface area contributed by atoms with Crippen LogP contribution in [0.3, 0.4) is 0 Å². The van der Waals surface area contributed by atoms with Crippen LogP contribution in [-0.4, -0.2) is 19.0 Å². The third-order valence-corrected chi connectivity index (χ3v) is 2.70. The minimum absolute atomic E-state index is 0.755. The molecule has 0 aromatic heterocycles. The van der Waals surface area contributed by atoms with Crippen LogP contribution in [0.15, 0.2) is 48.8 Å². The number of rotatable bonds is 5. The molecule has 0 bridgehead atoms. The second-order valence-electron chi connectivity index (χ2n) is 3.66. The molecule has 0 amide bonds. The topological polar surface area (TPSA) is 15.3 Å². The second-order valence-corrected chi connectivity index (χ2v) is 4.09. The number of nitrogens with one attached hydrogen (secondary N) is 1. The Morgan fingerprint density at radius 2 is 1.88 bits per heavy atom. The summed E-state index contributed by atoms with van der Waals surface area (Å²) in [4.78, 5) is 2.04. The molecule has 0 spiro atoms. The van der Waals surface area contributed by atoms with Crippen LogP contribution in [0.25, 0.3) is 0 Å². The van der Waals surface area contributed by atoms with Crippen molar-refractivity contribution in [3.8, 4) is 0 Å². The van der Waals surface area contributed by atoms with Gasteiger partial charge in [-0.3, -0.25) is 0 Å². The van der Waals surface area contributed by atoms with E-state index in [0.29, 0.717) is 0 Å². The molecule has 0 unspecified atom stereocenters. The lowest BCUT2D eigenvalue weighted by Gasteiger charge is -2.23. The van der Waals surface area contributed by atoms with Crippen LogP contribution < -0.4 is 5.32 Å². The number of nitrogens with zero attached hydrogens (tertiary/aromatic N) is 1. The van der Waals surface area contributed by atoms with Gasteiger partial charge in [-0.1, -0.05) is 36.9 Å². The van der Waals surface area contributed by atoms with Gasteiger partial charge in [0.05, 0.1) is 5.70 Å². The molecule has 0 aliphatic carbocycles.